The molecular formula is C19H21F2N3O4S. The van der Waals surface area contributed by atoms with Gasteiger partial charge in [-0.2, -0.15) is 0 Å². The van der Waals surface area contributed by atoms with E-state index in [2.05, 4.69) is 15.4 Å². The molecule has 0 unspecified atom stereocenters. The summed E-state index contributed by atoms with van der Waals surface area (Å²) in [6, 6.07) is 7.33. The van der Waals surface area contributed by atoms with Crippen LogP contribution in [0.1, 0.15) is 24.2 Å². The van der Waals surface area contributed by atoms with E-state index in [1.165, 1.54) is 31.3 Å². The summed E-state index contributed by atoms with van der Waals surface area (Å²) >= 11 is 0. The Hall–Kier alpha value is -2.85. The molecule has 1 atom stereocenters. The van der Waals surface area contributed by atoms with Gasteiger partial charge in [0.2, 0.25) is 15.9 Å². The molecule has 7 nitrogen and oxygen atoms in total. The van der Waals surface area contributed by atoms with Gasteiger partial charge in [0.05, 0.1) is 4.90 Å². The maximum Gasteiger partial charge on any atom is 0.257 e. The van der Waals surface area contributed by atoms with Crippen LogP contribution in [0.2, 0.25) is 0 Å². The van der Waals surface area contributed by atoms with Gasteiger partial charge in [-0.05, 0) is 49.4 Å². The second-order valence-corrected chi connectivity index (χ2v) is 8.40. The number of amides is 2. The molecule has 2 aromatic rings. The summed E-state index contributed by atoms with van der Waals surface area (Å²) in [6.45, 7) is 3.32. The minimum Gasteiger partial charge on any atom is -0.340 e. The fourth-order valence-electron chi connectivity index (χ4n) is 2.52. The Morgan fingerprint density at radius 1 is 0.966 bits per heavy atom. The van der Waals surface area contributed by atoms with Gasteiger partial charge in [0, 0.05) is 5.69 Å². The van der Waals surface area contributed by atoms with E-state index in [1.807, 2.05) is 0 Å². The fourth-order valence-corrected chi connectivity index (χ4v) is 3.25. The molecule has 0 radical (unpaired) electrons. The summed E-state index contributed by atoms with van der Waals surface area (Å²) in [5, 5.41) is 4.89. The van der Waals surface area contributed by atoms with Crippen molar-refractivity contribution in [3.63, 3.8) is 0 Å². The third-order valence-electron chi connectivity index (χ3n) is 4.13. The van der Waals surface area contributed by atoms with E-state index < -0.39 is 51.0 Å². The molecule has 29 heavy (non-hydrogen) atoms. The van der Waals surface area contributed by atoms with Gasteiger partial charge in [-0.1, -0.05) is 19.9 Å². The standard InChI is InChI=1S/C19H21F2N3O4S/c1-11(2)17(24-18(25)16-14(20)5-4-6-15(16)21)19(26)23-12-7-9-13(10-8-12)29(27,28)22-3/h4-11,17,22H,1-3H3,(H,23,26)(H,24,25)/t17-/m1/s1. The van der Waals surface area contributed by atoms with Crippen LogP contribution in [-0.2, 0) is 14.8 Å². The van der Waals surface area contributed by atoms with Crippen molar-refractivity contribution in [1.29, 1.82) is 0 Å². The fraction of sp³-hybridized carbons (Fsp3) is 0.263. The molecule has 2 rings (SSSR count). The highest BCUT2D eigenvalue weighted by atomic mass is 32.2. The second-order valence-electron chi connectivity index (χ2n) is 6.51. The number of benzene rings is 2. The summed E-state index contributed by atoms with van der Waals surface area (Å²) < 4.78 is 53.3. The molecule has 0 saturated carbocycles. The summed E-state index contributed by atoms with van der Waals surface area (Å²) in [7, 11) is -2.34. The Labute approximate surface area is 167 Å². The van der Waals surface area contributed by atoms with Crippen LogP contribution in [0.15, 0.2) is 47.4 Å². The predicted octanol–water partition coefficient (Wildman–Crippen LogP) is 2.27. The quantitative estimate of drug-likeness (QED) is 0.633. The average Bonchev–Trinajstić information content (AvgIpc) is 2.66. The topological polar surface area (TPSA) is 104 Å². The van der Waals surface area contributed by atoms with Crippen molar-refractivity contribution < 1.29 is 26.8 Å². The van der Waals surface area contributed by atoms with Crippen LogP contribution >= 0.6 is 0 Å². The van der Waals surface area contributed by atoms with E-state index in [4.69, 9.17) is 0 Å². The van der Waals surface area contributed by atoms with Crippen LogP contribution in [-0.4, -0.2) is 33.3 Å². The van der Waals surface area contributed by atoms with Gasteiger partial charge < -0.3 is 10.6 Å². The van der Waals surface area contributed by atoms with Gasteiger partial charge in [0.1, 0.15) is 23.2 Å². The molecule has 0 spiro atoms. The van der Waals surface area contributed by atoms with Crippen molar-refractivity contribution >= 4 is 27.5 Å². The third kappa shape index (κ3) is 5.36. The summed E-state index contributed by atoms with van der Waals surface area (Å²) in [5.74, 6) is -4.13. The number of hydrogen-bond acceptors (Lipinski definition) is 4. The first kappa shape index (κ1) is 22.4. The Morgan fingerprint density at radius 3 is 2.00 bits per heavy atom. The number of hydrogen-bond donors (Lipinski definition) is 3. The first-order chi connectivity index (χ1) is 13.6. The molecule has 0 heterocycles. The van der Waals surface area contributed by atoms with Crippen LogP contribution in [0.5, 0.6) is 0 Å². The lowest BCUT2D eigenvalue weighted by atomic mass is 10.0. The van der Waals surface area contributed by atoms with Gasteiger partial charge in [-0.3, -0.25) is 9.59 Å². The van der Waals surface area contributed by atoms with Crippen molar-refractivity contribution in [1.82, 2.24) is 10.0 Å². The molecule has 2 aromatic carbocycles. The van der Waals surface area contributed by atoms with E-state index >= 15 is 0 Å². The number of carbonyl (C=O) groups is 2. The molecule has 0 fully saturated rings. The maximum absolute atomic E-state index is 13.8. The van der Waals surface area contributed by atoms with Gasteiger partial charge in [-0.25, -0.2) is 21.9 Å². The normalized spacial score (nSPS) is 12.5. The zero-order chi connectivity index (χ0) is 21.8. The van der Waals surface area contributed by atoms with Crippen LogP contribution in [0.4, 0.5) is 14.5 Å². The van der Waals surface area contributed by atoms with Crippen molar-refractivity contribution in [2.24, 2.45) is 5.92 Å². The number of carbonyl (C=O) groups excluding carboxylic acids is 2. The van der Waals surface area contributed by atoms with E-state index in [9.17, 15) is 26.8 Å². The number of rotatable bonds is 7. The summed E-state index contributed by atoms with van der Waals surface area (Å²) in [5.41, 5.74) is -0.477. The largest absolute Gasteiger partial charge is 0.340 e. The van der Waals surface area contributed by atoms with Crippen molar-refractivity contribution in [2.45, 2.75) is 24.8 Å². The molecule has 0 saturated heterocycles. The molecular weight excluding hydrogens is 404 g/mol. The minimum absolute atomic E-state index is 0.0155. The zero-order valence-electron chi connectivity index (χ0n) is 16.0. The van der Waals surface area contributed by atoms with E-state index in [1.54, 1.807) is 13.8 Å². The highest BCUT2D eigenvalue weighted by Crippen LogP contribution is 2.16. The first-order valence-electron chi connectivity index (χ1n) is 8.66. The average molecular weight is 425 g/mol. The lowest BCUT2D eigenvalue weighted by molar-refractivity contribution is -0.118. The first-order valence-corrected chi connectivity index (χ1v) is 10.1. The van der Waals surface area contributed by atoms with Gasteiger partial charge in [0.25, 0.3) is 5.91 Å². The van der Waals surface area contributed by atoms with E-state index in [0.29, 0.717) is 5.69 Å². The second kappa shape index (κ2) is 9.10. The van der Waals surface area contributed by atoms with Gasteiger partial charge in [-0.15, -0.1) is 0 Å². The van der Waals surface area contributed by atoms with E-state index in [0.717, 1.165) is 18.2 Å². The van der Waals surface area contributed by atoms with Crippen molar-refractivity contribution in [2.75, 3.05) is 12.4 Å². The summed E-state index contributed by atoms with van der Waals surface area (Å²) in [4.78, 5) is 24.9. The highest BCUT2D eigenvalue weighted by Gasteiger charge is 2.27. The molecule has 0 aromatic heterocycles. The maximum atomic E-state index is 13.8. The Kier molecular flexibility index (Phi) is 7.04. The molecule has 156 valence electrons. The van der Waals surface area contributed by atoms with E-state index in [-0.39, 0.29) is 4.90 Å². The smallest absolute Gasteiger partial charge is 0.257 e. The molecule has 3 N–H and O–H groups in total. The number of nitrogens with one attached hydrogen (secondary N) is 3. The lowest BCUT2D eigenvalue weighted by Gasteiger charge is -2.22. The number of anilines is 1. The van der Waals surface area contributed by atoms with Crippen LogP contribution in [0.3, 0.4) is 0 Å². The van der Waals surface area contributed by atoms with Crippen molar-refractivity contribution in [3.05, 3.63) is 59.7 Å². The van der Waals surface area contributed by atoms with Gasteiger partial charge in [0.15, 0.2) is 0 Å². The van der Waals surface area contributed by atoms with Gasteiger partial charge >= 0.3 is 0 Å². The molecule has 0 bridgehead atoms. The monoisotopic (exact) mass is 425 g/mol. The number of sulfonamides is 1. The predicted molar refractivity (Wildman–Crippen MR) is 104 cm³/mol. The molecule has 10 heteroatoms. The third-order valence-corrected chi connectivity index (χ3v) is 5.56. The van der Waals surface area contributed by atoms with Crippen molar-refractivity contribution in [3.8, 4) is 0 Å². The number of halogens is 2. The van der Waals surface area contributed by atoms with Crippen LogP contribution in [0.25, 0.3) is 0 Å². The molecule has 0 aliphatic carbocycles. The molecule has 2 amide bonds. The SMILES string of the molecule is CNS(=O)(=O)c1ccc(NC(=O)[C@H](NC(=O)c2c(F)cccc2F)C(C)C)cc1. The molecule has 0 aliphatic rings. The minimum atomic E-state index is -3.62. The van der Waals surface area contributed by atoms with Crippen LogP contribution < -0.4 is 15.4 Å². The Morgan fingerprint density at radius 2 is 1.52 bits per heavy atom. The molecule has 0 aliphatic heterocycles. The Balaban J connectivity index is 2.17. The Bertz CT molecular complexity index is 988. The summed E-state index contributed by atoms with van der Waals surface area (Å²) in [6.07, 6.45) is 0. The van der Waals surface area contributed by atoms with Crippen LogP contribution in [0, 0.1) is 17.6 Å². The highest BCUT2D eigenvalue weighted by molar-refractivity contribution is 7.89. The zero-order valence-corrected chi connectivity index (χ0v) is 16.8. The lowest BCUT2D eigenvalue weighted by Crippen LogP contribution is -2.47.